The van der Waals surface area contributed by atoms with Crippen LogP contribution in [0.2, 0.25) is 0 Å². The topological polar surface area (TPSA) is 56.8 Å². The lowest BCUT2D eigenvalue weighted by atomic mass is 10.1. The Morgan fingerprint density at radius 2 is 1.81 bits per heavy atom. The molecule has 1 heterocycles. The summed E-state index contributed by atoms with van der Waals surface area (Å²) in [5.41, 5.74) is 1.40. The van der Waals surface area contributed by atoms with Crippen molar-refractivity contribution in [3.05, 3.63) is 53.6 Å². The molecule has 0 radical (unpaired) electrons. The third-order valence-corrected chi connectivity index (χ3v) is 3.86. The van der Waals surface area contributed by atoms with E-state index in [4.69, 9.17) is 9.47 Å². The molecule has 5 nitrogen and oxygen atoms in total. The molecule has 0 atom stereocenters. The predicted molar refractivity (Wildman–Crippen MR) is 91.2 cm³/mol. The molecule has 2 aromatic carbocycles. The molecule has 0 fully saturated rings. The maximum absolute atomic E-state index is 12.3. The number of amides is 1. The molecule has 1 amide bonds. The first kappa shape index (κ1) is 18.0. The van der Waals surface area contributed by atoms with Crippen LogP contribution in [-0.2, 0) is 6.42 Å². The van der Waals surface area contributed by atoms with Gasteiger partial charge in [-0.05, 0) is 42.3 Å². The lowest BCUT2D eigenvalue weighted by Crippen LogP contribution is -2.25. The number of carbonyl (C=O) groups is 1. The Hall–Kier alpha value is -2.83. The fourth-order valence-electron chi connectivity index (χ4n) is 2.56. The van der Waals surface area contributed by atoms with Crippen LogP contribution in [0.25, 0.3) is 0 Å². The van der Waals surface area contributed by atoms with Crippen LogP contribution in [0.4, 0.5) is 8.78 Å². The number of alkyl halides is 2. The second-order valence-electron chi connectivity index (χ2n) is 5.74. The quantitative estimate of drug-likeness (QED) is 0.854. The summed E-state index contributed by atoms with van der Waals surface area (Å²) in [5.74, 6) is 1.12. The van der Waals surface area contributed by atoms with Crippen molar-refractivity contribution in [2.24, 2.45) is 0 Å². The highest BCUT2D eigenvalue weighted by molar-refractivity contribution is 5.94. The molecule has 138 valence electrons. The first-order valence-corrected chi connectivity index (χ1v) is 8.33. The van der Waals surface area contributed by atoms with Gasteiger partial charge in [0.2, 0.25) is 0 Å². The van der Waals surface area contributed by atoms with Gasteiger partial charge in [-0.25, -0.2) is 0 Å². The maximum Gasteiger partial charge on any atom is 0.387 e. The van der Waals surface area contributed by atoms with E-state index in [0.29, 0.717) is 43.2 Å². The molecule has 0 saturated heterocycles. The summed E-state index contributed by atoms with van der Waals surface area (Å²) < 4.78 is 39.7. The normalized spacial score (nSPS) is 13.2. The molecule has 1 N–H and O–H groups in total. The number of ether oxygens (including phenoxy) is 3. The summed E-state index contributed by atoms with van der Waals surface area (Å²) in [4.78, 5) is 12.3. The van der Waals surface area contributed by atoms with Crippen molar-refractivity contribution in [2.75, 3.05) is 19.8 Å². The van der Waals surface area contributed by atoms with E-state index < -0.39 is 6.61 Å². The van der Waals surface area contributed by atoms with E-state index >= 15 is 0 Å². The van der Waals surface area contributed by atoms with Crippen molar-refractivity contribution in [3.63, 3.8) is 0 Å². The number of benzene rings is 2. The Morgan fingerprint density at radius 3 is 2.54 bits per heavy atom. The van der Waals surface area contributed by atoms with E-state index in [2.05, 4.69) is 10.1 Å². The number of fused-ring (bicyclic) bond motifs is 1. The van der Waals surface area contributed by atoms with E-state index in [1.807, 2.05) is 0 Å². The summed E-state index contributed by atoms with van der Waals surface area (Å²) in [6, 6.07) is 11.4. The molecule has 0 bridgehead atoms. The molecule has 1 aliphatic heterocycles. The Morgan fingerprint density at radius 1 is 1.08 bits per heavy atom. The summed E-state index contributed by atoms with van der Waals surface area (Å²) in [7, 11) is 0. The zero-order valence-electron chi connectivity index (χ0n) is 14.0. The molecule has 1 aliphatic rings. The highest BCUT2D eigenvalue weighted by atomic mass is 19.3. The third kappa shape index (κ3) is 4.84. The first-order valence-electron chi connectivity index (χ1n) is 8.33. The monoisotopic (exact) mass is 363 g/mol. The van der Waals surface area contributed by atoms with Gasteiger partial charge in [0.25, 0.3) is 5.91 Å². The summed E-state index contributed by atoms with van der Waals surface area (Å²) in [6.45, 7) is -1.26. The largest absolute Gasteiger partial charge is 0.490 e. The van der Waals surface area contributed by atoms with Gasteiger partial charge in [-0.2, -0.15) is 8.78 Å². The molecular formula is C19H19F2NO4. The standard InChI is InChI=1S/C19H19F2NO4/c20-19(21)26-15-5-2-13(3-6-15)8-9-22-18(23)14-4-7-16-17(12-14)25-11-1-10-24-16/h2-7,12,19H,1,8-11H2,(H,22,23). The van der Waals surface area contributed by atoms with Crippen LogP contribution < -0.4 is 19.5 Å². The maximum atomic E-state index is 12.3. The SMILES string of the molecule is O=C(NCCc1ccc(OC(F)F)cc1)c1ccc2c(c1)OCCCO2. The predicted octanol–water partition coefficient (Wildman–Crippen LogP) is 3.42. The Labute approximate surface area is 149 Å². The minimum atomic E-state index is -2.84. The van der Waals surface area contributed by atoms with E-state index in [0.717, 1.165) is 12.0 Å². The summed E-state index contributed by atoms with van der Waals surface area (Å²) in [5, 5.41) is 2.83. The van der Waals surface area contributed by atoms with Crippen LogP contribution in [0.3, 0.4) is 0 Å². The highest BCUT2D eigenvalue weighted by Crippen LogP contribution is 2.30. The number of carbonyl (C=O) groups excluding carboxylic acids is 1. The number of hydrogen-bond donors (Lipinski definition) is 1. The van der Waals surface area contributed by atoms with Crippen molar-refractivity contribution >= 4 is 5.91 Å². The summed E-state index contributed by atoms with van der Waals surface area (Å²) in [6.07, 6.45) is 1.38. The van der Waals surface area contributed by atoms with Crippen molar-refractivity contribution < 1.29 is 27.8 Å². The van der Waals surface area contributed by atoms with Crippen LogP contribution in [0.1, 0.15) is 22.3 Å². The van der Waals surface area contributed by atoms with Crippen molar-refractivity contribution in [1.29, 1.82) is 0 Å². The van der Waals surface area contributed by atoms with Gasteiger partial charge in [0, 0.05) is 18.5 Å². The van der Waals surface area contributed by atoms with Gasteiger partial charge < -0.3 is 19.5 Å². The van der Waals surface area contributed by atoms with Gasteiger partial charge in [-0.1, -0.05) is 12.1 Å². The molecular weight excluding hydrogens is 344 g/mol. The van der Waals surface area contributed by atoms with E-state index in [9.17, 15) is 13.6 Å². The molecule has 7 heteroatoms. The zero-order chi connectivity index (χ0) is 18.4. The van der Waals surface area contributed by atoms with Gasteiger partial charge >= 0.3 is 6.61 Å². The van der Waals surface area contributed by atoms with Crippen molar-refractivity contribution in [3.8, 4) is 17.2 Å². The van der Waals surface area contributed by atoms with E-state index in [1.165, 1.54) is 12.1 Å². The molecule has 0 saturated carbocycles. The van der Waals surface area contributed by atoms with Gasteiger partial charge in [0.1, 0.15) is 5.75 Å². The van der Waals surface area contributed by atoms with Crippen molar-refractivity contribution in [2.45, 2.75) is 19.5 Å². The molecule has 0 aromatic heterocycles. The van der Waals surface area contributed by atoms with Crippen LogP contribution in [0.5, 0.6) is 17.2 Å². The van der Waals surface area contributed by atoms with E-state index in [-0.39, 0.29) is 11.7 Å². The fourth-order valence-corrected chi connectivity index (χ4v) is 2.56. The van der Waals surface area contributed by atoms with Crippen LogP contribution >= 0.6 is 0 Å². The Balaban J connectivity index is 1.52. The molecule has 0 aliphatic carbocycles. The average molecular weight is 363 g/mol. The Kier molecular flexibility index (Phi) is 5.88. The number of nitrogens with one attached hydrogen (secondary N) is 1. The van der Waals surface area contributed by atoms with Crippen LogP contribution in [0, 0.1) is 0 Å². The smallest absolute Gasteiger partial charge is 0.387 e. The lowest BCUT2D eigenvalue weighted by Gasteiger charge is -2.10. The van der Waals surface area contributed by atoms with Gasteiger partial charge in [-0.15, -0.1) is 0 Å². The molecule has 2 aromatic rings. The average Bonchev–Trinajstić information content (AvgIpc) is 2.87. The highest BCUT2D eigenvalue weighted by Gasteiger charge is 2.14. The number of halogens is 2. The number of rotatable bonds is 6. The minimum absolute atomic E-state index is 0.111. The second kappa shape index (κ2) is 8.51. The molecule has 0 unspecified atom stereocenters. The minimum Gasteiger partial charge on any atom is -0.490 e. The Bertz CT molecular complexity index is 750. The van der Waals surface area contributed by atoms with Crippen LogP contribution in [0.15, 0.2) is 42.5 Å². The van der Waals surface area contributed by atoms with Gasteiger partial charge in [0.05, 0.1) is 13.2 Å². The summed E-state index contributed by atoms with van der Waals surface area (Å²) >= 11 is 0. The second-order valence-corrected chi connectivity index (χ2v) is 5.74. The lowest BCUT2D eigenvalue weighted by molar-refractivity contribution is -0.0498. The fraction of sp³-hybridized carbons (Fsp3) is 0.316. The zero-order valence-corrected chi connectivity index (χ0v) is 14.0. The van der Waals surface area contributed by atoms with E-state index in [1.54, 1.807) is 30.3 Å². The molecule has 3 rings (SSSR count). The third-order valence-electron chi connectivity index (χ3n) is 3.86. The molecule has 26 heavy (non-hydrogen) atoms. The van der Waals surface area contributed by atoms with Gasteiger partial charge in [-0.3, -0.25) is 4.79 Å². The first-order chi connectivity index (χ1) is 12.6. The van der Waals surface area contributed by atoms with Crippen molar-refractivity contribution in [1.82, 2.24) is 5.32 Å². The van der Waals surface area contributed by atoms with Crippen LogP contribution in [-0.4, -0.2) is 32.3 Å². The molecule has 0 spiro atoms. The van der Waals surface area contributed by atoms with Gasteiger partial charge in [0.15, 0.2) is 11.5 Å². The number of hydrogen-bond acceptors (Lipinski definition) is 4.